The predicted molar refractivity (Wildman–Crippen MR) is 63.6 cm³/mol. The van der Waals surface area contributed by atoms with Crippen LogP contribution in [0.25, 0.3) is 0 Å². The van der Waals surface area contributed by atoms with Gasteiger partial charge in [-0.05, 0) is 33.5 Å². The quantitative estimate of drug-likeness (QED) is 0.834. The summed E-state index contributed by atoms with van der Waals surface area (Å²) in [6.07, 6.45) is 5.25. The molecule has 1 aliphatic heterocycles. The van der Waals surface area contributed by atoms with Gasteiger partial charge in [0.15, 0.2) is 5.89 Å². The number of piperidine rings is 1. The zero-order valence-corrected chi connectivity index (χ0v) is 10.2. The van der Waals surface area contributed by atoms with Crippen LogP contribution in [0.15, 0.2) is 10.6 Å². The Balaban J connectivity index is 1.95. The third-order valence-electron chi connectivity index (χ3n) is 3.17. The van der Waals surface area contributed by atoms with Crippen molar-refractivity contribution >= 4 is 0 Å². The Morgan fingerprint density at radius 1 is 1.62 bits per heavy atom. The van der Waals surface area contributed by atoms with Crippen LogP contribution in [0.1, 0.15) is 30.4 Å². The molecule has 4 nitrogen and oxygen atoms in total. The molecule has 1 N–H and O–H groups in total. The number of oxazole rings is 1. The fourth-order valence-electron chi connectivity index (χ4n) is 2.24. The highest BCUT2D eigenvalue weighted by atomic mass is 16.4. The second kappa shape index (κ2) is 5.46. The molecule has 0 aliphatic carbocycles. The molecule has 0 spiro atoms. The van der Waals surface area contributed by atoms with Crippen LogP contribution < -0.4 is 5.32 Å². The summed E-state index contributed by atoms with van der Waals surface area (Å²) in [4.78, 5) is 6.76. The van der Waals surface area contributed by atoms with E-state index in [9.17, 15) is 0 Å². The smallest absolute Gasteiger partial charge is 0.198 e. The second-order valence-electron chi connectivity index (χ2n) is 4.62. The molecule has 1 aliphatic rings. The monoisotopic (exact) mass is 223 g/mol. The van der Waals surface area contributed by atoms with Gasteiger partial charge in [0.1, 0.15) is 5.76 Å². The second-order valence-corrected chi connectivity index (χ2v) is 4.62. The first-order chi connectivity index (χ1) is 7.79. The topological polar surface area (TPSA) is 41.3 Å². The Labute approximate surface area is 97.0 Å². The fraction of sp³-hybridized carbons (Fsp3) is 0.750. The Bertz CT molecular complexity index is 324. The maximum atomic E-state index is 5.80. The first-order valence-corrected chi connectivity index (χ1v) is 6.07. The minimum Gasteiger partial charge on any atom is -0.445 e. The van der Waals surface area contributed by atoms with Crippen LogP contribution >= 0.6 is 0 Å². The van der Waals surface area contributed by atoms with E-state index >= 15 is 0 Å². The standard InChI is InChI=1S/C12H21N3O/c1-13-6-5-11-8-14-12(16-11)10-4-3-7-15(2)9-10/h8,10,13H,3-7,9H2,1-2H3. The van der Waals surface area contributed by atoms with E-state index in [0.29, 0.717) is 5.92 Å². The molecule has 1 fully saturated rings. The van der Waals surface area contributed by atoms with Crippen molar-refractivity contribution in [3.8, 4) is 0 Å². The van der Waals surface area contributed by atoms with Gasteiger partial charge in [-0.2, -0.15) is 0 Å². The summed E-state index contributed by atoms with van der Waals surface area (Å²) < 4.78 is 5.80. The number of hydrogen-bond acceptors (Lipinski definition) is 4. The fourth-order valence-corrected chi connectivity index (χ4v) is 2.24. The Kier molecular flexibility index (Phi) is 3.96. The Hall–Kier alpha value is -0.870. The van der Waals surface area contributed by atoms with E-state index in [4.69, 9.17) is 4.42 Å². The van der Waals surface area contributed by atoms with Crippen LogP contribution in [0.4, 0.5) is 0 Å². The Morgan fingerprint density at radius 2 is 2.50 bits per heavy atom. The summed E-state index contributed by atoms with van der Waals surface area (Å²) >= 11 is 0. The molecule has 1 aromatic rings. The van der Waals surface area contributed by atoms with Gasteiger partial charge >= 0.3 is 0 Å². The van der Waals surface area contributed by atoms with Crippen molar-refractivity contribution in [2.45, 2.75) is 25.2 Å². The van der Waals surface area contributed by atoms with Crippen molar-refractivity contribution in [1.29, 1.82) is 0 Å². The maximum absolute atomic E-state index is 5.80. The van der Waals surface area contributed by atoms with Gasteiger partial charge in [-0.1, -0.05) is 0 Å². The lowest BCUT2D eigenvalue weighted by Crippen LogP contribution is -2.30. The van der Waals surface area contributed by atoms with Crippen molar-refractivity contribution in [3.05, 3.63) is 17.8 Å². The molecule has 1 unspecified atom stereocenters. The molecule has 0 radical (unpaired) electrons. The lowest BCUT2D eigenvalue weighted by molar-refractivity contribution is 0.228. The summed E-state index contributed by atoms with van der Waals surface area (Å²) in [5.74, 6) is 2.41. The molecule has 0 amide bonds. The van der Waals surface area contributed by atoms with Crippen molar-refractivity contribution in [3.63, 3.8) is 0 Å². The van der Waals surface area contributed by atoms with Crippen molar-refractivity contribution in [1.82, 2.24) is 15.2 Å². The van der Waals surface area contributed by atoms with E-state index in [2.05, 4.69) is 22.2 Å². The average Bonchev–Trinajstić information content (AvgIpc) is 2.75. The lowest BCUT2D eigenvalue weighted by Gasteiger charge is -2.27. The number of likely N-dealkylation sites (N-methyl/N-ethyl adjacent to an activating group) is 2. The number of aromatic nitrogens is 1. The van der Waals surface area contributed by atoms with Gasteiger partial charge in [0.25, 0.3) is 0 Å². The van der Waals surface area contributed by atoms with Crippen LogP contribution in [0.5, 0.6) is 0 Å². The van der Waals surface area contributed by atoms with Crippen LogP contribution in [0.2, 0.25) is 0 Å². The number of hydrogen-bond donors (Lipinski definition) is 1. The molecular formula is C12H21N3O. The highest BCUT2D eigenvalue weighted by molar-refractivity contribution is 5.01. The minimum atomic E-state index is 0.488. The number of rotatable bonds is 4. The molecule has 4 heteroatoms. The summed E-state index contributed by atoms with van der Waals surface area (Å²) in [6.45, 7) is 3.22. The molecule has 0 bridgehead atoms. The average molecular weight is 223 g/mol. The highest BCUT2D eigenvalue weighted by Crippen LogP contribution is 2.25. The molecule has 0 saturated carbocycles. The van der Waals surface area contributed by atoms with E-state index in [1.807, 2.05) is 13.2 Å². The number of nitrogens with one attached hydrogen (secondary N) is 1. The number of nitrogens with zero attached hydrogens (tertiary/aromatic N) is 2. The maximum Gasteiger partial charge on any atom is 0.198 e. The van der Waals surface area contributed by atoms with Gasteiger partial charge in [-0.25, -0.2) is 4.98 Å². The van der Waals surface area contributed by atoms with Gasteiger partial charge in [-0.3, -0.25) is 0 Å². The van der Waals surface area contributed by atoms with E-state index in [1.54, 1.807) is 0 Å². The molecule has 90 valence electrons. The largest absolute Gasteiger partial charge is 0.445 e. The molecular weight excluding hydrogens is 202 g/mol. The van der Waals surface area contributed by atoms with Gasteiger partial charge in [0.05, 0.1) is 6.20 Å². The van der Waals surface area contributed by atoms with Crippen LogP contribution in [0, 0.1) is 0 Å². The van der Waals surface area contributed by atoms with Gasteiger partial charge < -0.3 is 14.6 Å². The molecule has 0 aromatic carbocycles. The molecule has 1 saturated heterocycles. The SMILES string of the molecule is CNCCc1cnc(C2CCCN(C)C2)o1. The van der Waals surface area contributed by atoms with Gasteiger partial charge in [0, 0.05) is 25.4 Å². The van der Waals surface area contributed by atoms with E-state index in [0.717, 1.165) is 31.2 Å². The predicted octanol–water partition coefficient (Wildman–Crippen LogP) is 1.25. The number of likely N-dealkylation sites (tertiary alicyclic amines) is 1. The van der Waals surface area contributed by atoms with Crippen LogP contribution in [-0.2, 0) is 6.42 Å². The van der Waals surface area contributed by atoms with Crippen molar-refractivity contribution < 1.29 is 4.42 Å². The third kappa shape index (κ3) is 2.83. The zero-order valence-electron chi connectivity index (χ0n) is 10.2. The minimum absolute atomic E-state index is 0.488. The van der Waals surface area contributed by atoms with Crippen molar-refractivity contribution in [2.75, 3.05) is 33.7 Å². The molecule has 2 heterocycles. The highest BCUT2D eigenvalue weighted by Gasteiger charge is 2.22. The molecule has 1 aromatic heterocycles. The van der Waals surface area contributed by atoms with E-state index in [-0.39, 0.29) is 0 Å². The Morgan fingerprint density at radius 3 is 3.25 bits per heavy atom. The van der Waals surface area contributed by atoms with Crippen molar-refractivity contribution in [2.24, 2.45) is 0 Å². The molecule has 16 heavy (non-hydrogen) atoms. The first-order valence-electron chi connectivity index (χ1n) is 6.07. The van der Waals surface area contributed by atoms with Crippen LogP contribution in [0.3, 0.4) is 0 Å². The summed E-state index contributed by atoms with van der Waals surface area (Å²) in [5.41, 5.74) is 0. The molecule has 2 rings (SSSR count). The molecule has 1 atom stereocenters. The van der Waals surface area contributed by atoms with Gasteiger partial charge in [0.2, 0.25) is 0 Å². The van der Waals surface area contributed by atoms with E-state index < -0.39 is 0 Å². The van der Waals surface area contributed by atoms with Crippen LogP contribution in [-0.4, -0.2) is 43.6 Å². The first kappa shape index (κ1) is 11.6. The summed E-state index contributed by atoms with van der Waals surface area (Å²) in [5, 5.41) is 3.12. The summed E-state index contributed by atoms with van der Waals surface area (Å²) in [6, 6.07) is 0. The van der Waals surface area contributed by atoms with E-state index in [1.165, 1.54) is 19.4 Å². The lowest BCUT2D eigenvalue weighted by atomic mass is 9.99. The zero-order chi connectivity index (χ0) is 11.4. The van der Waals surface area contributed by atoms with Gasteiger partial charge in [-0.15, -0.1) is 0 Å². The normalized spacial score (nSPS) is 22.5. The summed E-state index contributed by atoms with van der Waals surface area (Å²) in [7, 11) is 4.12. The third-order valence-corrected chi connectivity index (χ3v) is 3.17.